The largest absolute Gasteiger partial charge is 0.388 e. The third-order valence-electron chi connectivity index (χ3n) is 4.28. The summed E-state index contributed by atoms with van der Waals surface area (Å²) in [5.41, 5.74) is 5.16. The Morgan fingerprint density at radius 3 is 2.86 bits per heavy atom. The van der Waals surface area contributed by atoms with Crippen LogP contribution in [0.4, 0.5) is 11.1 Å². The van der Waals surface area contributed by atoms with Crippen LogP contribution in [-0.2, 0) is 6.61 Å². The van der Waals surface area contributed by atoms with Crippen molar-refractivity contribution < 1.29 is 5.11 Å². The van der Waals surface area contributed by atoms with Crippen LogP contribution >= 0.6 is 11.3 Å². The van der Waals surface area contributed by atoms with Crippen molar-refractivity contribution in [1.29, 1.82) is 5.26 Å². The topological polar surface area (TPSA) is 123 Å². The van der Waals surface area contributed by atoms with Crippen molar-refractivity contribution in [2.24, 2.45) is 0 Å². The van der Waals surface area contributed by atoms with Gasteiger partial charge in [-0.15, -0.1) is 5.10 Å². The molecule has 0 spiro atoms. The number of nitriles is 1. The summed E-state index contributed by atoms with van der Waals surface area (Å²) < 4.78 is 0. The van der Waals surface area contributed by atoms with E-state index < -0.39 is 0 Å². The lowest BCUT2D eigenvalue weighted by Gasteiger charge is -2.07. The molecule has 0 amide bonds. The molecule has 0 saturated carbocycles. The molecule has 1 aromatic carbocycles. The zero-order chi connectivity index (χ0) is 20.4. The zero-order valence-corrected chi connectivity index (χ0v) is 16.6. The van der Waals surface area contributed by atoms with Crippen molar-refractivity contribution in [3.8, 4) is 27.8 Å². The molecule has 4 aromatic rings. The predicted octanol–water partition coefficient (Wildman–Crippen LogP) is 3.71. The molecule has 0 aliphatic heterocycles. The Balaban J connectivity index is 1.84. The first-order valence-electron chi connectivity index (χ1n) is 8.81. The van der Waals surface area contributed by atoms with E-state index in [-0.39, 0.29) is 6.61 Å². The van der Waals surface area contributed by atoms with Crippen LogP contribution in [0.3, 0.4) is 0 Å². The van der Waals surface area contributed by atoms with Gasteiger partial charge in [-0.1, -0.05) is 23.5 Å². The molecule has 0 unspecified atom stereocenters. The van der Waals surface area contributed by atoms with Crippen LogP contribution in [0.25, 0.3) is 21.7 Å². The first kappa shape index (κ1) is 18.7. The summed E-state index contributed by atoms with van der Waals surface area (Å²) in [6, 6.07) is 11.6. The van der Waals surface area contributed by atoms with Crippen LogP contribution < -0.4 is 5.32 Å². The molecule has 0 saturated heterocycles. The quantitative estimate of drug-likeness (QED) is 0.464. The SMILES string of the molecule is Cc1cc(-c2sc(Nc3n[nH]c(CO)n3)nc2-c2cccc(C#N)c2)c(C)cn1. The van der Waals surface area contributed by atoms with Crippen LogP contribution in [0.15, 0.2) is 36.5 Å². The number of anilines is 2. The molecule has 144 valence electrons. The summed E-state index contributed by atoms with van der Waals surface area (Å²) in [5.74, 6) is 0.695. The Morgan fingerprint density at radius 1 is 1.24 bits per heavy atom. The molecule has 0 bridgehead atoms. The number of rotatable bonds is 5. The molecule has 3 aromatic heterocycles. The first-order valence-corrected chi connectivity index (χ1v) is 9.63. The summed E-state index contributed by atoms with van der Waals surface area (Å²) in [5, 5.41) is 28.8. The lowest BCUT2D eigenvalue weighted by atomic mass is 10.0. The van der Waals surface area contributed by atoms with Crippen LogP contribution in [0.1, 0.15) is 22.6 Å². The highest BCUT2D eigenvalue weighted by Gasteiger charge is 2.18. The minimum atomic E-state index is -0.223. The lowest BCUT2D eigenvalue weighted by Crippen LogP contribution is -1.92. The lowest BCUT2D eigenvalue weighted by molar-refractivity contribution is 0.272. The van der Waals surface area contributed by atoms with E-state index in [1.807, 2.05) is 44.3 Å². The summed E-state index contributed by atoms with van der Waals surface area (Å²) in [6.07, 6.45) is 1.84. The van der Waals surface area contributed by atoms with Gasteiger partial charge in [0.25, 0.3) is 0 Å². The second kappa shape index (κ2) is 7.79. The molecule has 4 rings (SSSR count). The van der Waals surface area contributed by atoms with E-state index in [0.717, 1.165) is 33.0 Å². The van der Waals surface area contributed by atoms with Gasteiger partial charge in [0.05, 0.1) is 22.2 Å². The summed E-state index contributed by atoms with van der Waals surface area (Å²) in [7, 11) is 0. The number of benzene rings is 1. The normalized spacial score (nSPS) is 10.7. The van der Waals surface area contributed by atoms with E-state index in [0.29, 0.717) is 22.5 Å². The number of H-pyrrole nitrogens is 1. The summed E-state index contributed by atoms with van der Waals surface area (Å²) in [6.45, 7) is 3.73. The van der Waals surface area contributed by atoms with Gasteiger partial charge in [0.1, 0.15) is 6.61 Å². The molecular weight excluding hydrogens is 386 g/mol. The van der Waals surface area contributed by atoms with E-state index in [1.54, 1.807) is 6.07 Å². The highest BCUT2D eigenvalue weighted by molar-refractivity contribution is 7.19. The molecule has 0 aliphatic rings. The Hall–Kier alpha value is -3.61. The fourth-order valence-corrected chi connectivity index (χ4v) is 3.94. The number of nitrogens with zero attached hydrogens (tertiary/aromatic N) is 5. The number of aliphatic hydroxyl groups is 1. The molecule has 29 heavy (non-hydrogen) atoms. The maximum atomic E-state index is 9.27. The van der Waals surface area contributed by atoms with Gasteiger partial charge < -0.3 is 5.11 Å². The third kappa shape index (κ3) is 3.85. The van der Waals surface area contributed by atoms with Crippen molar-refractivity contribution in [1.82, 2.24) is 25.1 Å². The van der Waals surface area contributed by atoms with Gasteiger partial charge in [0.15, 0.2) is 11.0 Å². The number of aromatic nitrogens is 5. The van der Waals surface area contributed by atoms with Crippen LogP contribution in [0, 0.1) is 25.2 Å². The van der Waals surface area contributed by atoms with Crippen molar-refractivity contribution in [2.75, 3.05) is 5.32 Å². The fourth-order valence-electron chi connectivity index (χ4n) is 2.88. The van der Waals surface area contributed by atoms with E-state index >= 15 is 0 Å². The van der Waals surface area contributed by atoms with Crippen LogP contribution in [0.5, 0.6) is 0 Å². The average Bonchev–Trinajstić information content (AvgIpc) is 3.37. The number of aryl methyl sites for hydroxylation is 2. The van der Waals surface area contributed by atoms with Crippen LogP contribution in [-0.4, -0.2) is 30.3 Å². The molecule has 0 fully saturated rings. The first-order chi connectivity index (χ1) is 14.1. The molecule has 8 nitrogen and oxygen atoms in total. The van der Waals surface area contributed by atoms with Gasteiger partial charge in [0.2, 0.25) is 5.95 Å². The Morgan fingerprint density at radius 2 is 2.10 bits per heavy atom. The average molecular weight is 403 g/mol. The van der Waals surface area contributed by atoms with Crippen molar-refractivity contribution in [2.45, 2.75) is 20.5 Å². The fraction of sp³-hybridized carbons (Fsp3) is 0.150. The van der Waals surface area contributed by atoms with Crippen LogP contribution in [0.2, 0.25) is 0 Å². The molecule has 9 heteroatoms. The highest BCUT2D eigenvalue weighted by atomic mass is 32.1. The molecule has 0 aliphatic carbocycles. The Labute approximate surface area is 170 Å². The minimum absolute atomic E-state index is 0.223. The number of aromatic amines is 1. The number of nitrogens with one attached hydrogen (secondary N) is 2. The maximum absolute atomic E-state index is 9.27. The zero-order valence-electron chi connectivity index (χ0n) is 15.8. The number of aliphatic hydroxyl groups excluding tert-OH is 1. The summed E-state index contributed by atoms with van der Waals surface area (Å²) >= 11 is 1.47. The van der Waals surface area contributed by atoms with Gasteiger partial charge in [-0.2, -0.15) is 10.2 Å². The number of thiazole rings is 1. The minimum Gasteiger partial charge on any atom is -0.388 e. The van der Waals surface area contributed by atoms with Gasteiger partial charge in [-0.25, -0.2) is 4.98 Å². The highest BCUT2D eigenvalue weighted by Crippen LogP contribution is 2.41. The second-order valence-corrected chi connectivity index (χ2v) is 7.42. The molecule has 0 radical (unpaired) electrons. The Kier molecular flexibility index (Phi) is 5.03. The standard InChI is InChI=1S/C20H17N7OS/c1-11-9-22-12(2)6-15(11)18-17(14-5-3-4-13(7-14)8-21)24-20(29-18)25-19-23-16(10-28)26-27-19/h3-7,9,28H,10H2,1-2H3,(H2,23,24,25,26,27). The maximum Gasteiger partial charge on any atom is 0.248 e. The van der Waals surface area contributed by atoms with Gasteiger partial charge in [-0.3, -0.25) is 15.4 Å². The predicted molar refractivity (Wildman–Crippen MR) is 111 cm³/mol. The number of hydrogen-bond acceptors (Lipinski definition) is 8. The smallest absolute Gasteiger partial charge is 0.248 e. The molecule has 3 heterocycles. The van der Waals surface area contributed by atoms with Gasteiger partial charge in [0, 0.05) is 23.0 Å². The van der Waals surface area contributed by atoms with E-state index in [9.17, 15) is 5.26 Å². The number of pyridine rings is 1. The second-order valence-electron chi connectivity index (χ2n) is 6.42. The van der Waals surface area contributed by atoms with Crippen molar-refractivity contribution >= 4 is 22.4 Å². The monoisotopic (exact) mass is 403 g/mol. The van der Waals surface area contributed by atoms with Crippen molar-refractivity contribution in [3.63, 3.8) is 0 Å². The molecular formula is C20H17N7OS. The van der Waals surface area contributed by atoms with E-state index in [4.69, 9.17) is 10.1 Å². The summed E-state index contributed by atoms with van der Waals surface area (Å²) in [4.78, 5) is 14.2. The van der Waals surface area contributed by atoms with E-state index in [1.165, 1.54) is 11.3 Å². The van der Waals surface area contributed by atoms with Gasteiger partial charge >= 0.3 is 0 Å². The Bertz CT molecular complexity index is 1220. The third-order valence-corrected chi connectivity index (χ3v) is 5.28. The number of hydrogen-bond donors (Lipinski definition) is 3. The van der Waals surface area contributed by atoms with Crippen molar-refractivity contribution in [3.05, 3.63) is 59.2 Å². The van der Waals surface area contributed by atoms with Gasteiger partial charge in [-0.05, 0) is 37.6 Å². The van der Waals surface area contributed by atoms with E-state index in [2.05, 4.69) is 31.6 Å². The molecule has 0 atom stereocenters. The molecule has 3 N–H and O–H groups in total.